The molecule has 0 radical (unpaired) electrons. The SMILES string of the molecule is O=C(CCn1ccc(=O)[nH]c1=O)N1CCCN(C(=O)c2ccc(Cl)o2)CC1. The molecule has 0 unspecified atom stereocenters. The summed E-state index contributed by atoms with van der Waals surface area (Å²) in [5.74, 6) is -0.184. The van der Waals surface area contributed by atoms with Crippen LogP contribution in [0.3, 0.4) is 0 Å². The molecular weight excluding hydrogens is 376 g/mol. The van der Waals surface area contributed by atoms with Crippen molar-refractivity contribution in [1.29, 1.82) is 0 Å². The van der Waals surface area contributed by atoms with E-state index in [4.69, 9.17) is 16.0 Å². The summed E-state index contributed by atoms with van der Waals surface area (Å²) in [6.07, 6.45) is 2.14. The number of halogens is 1. The van der Waals surface area contributed by atoms with Gasteiger partial charge in [0, 0.05) is 51.4 Å². The first-order valence-electron chi connectivity index (χ1n) is 8.56. The first-order chi connectivity index (χ1) is 12.9. The number of nitrogens with one attached hydrogen (secondary N) is 1. The molecule has 3 rings (SSSR count). The number of carbonyl (C=O) groups is 2. The normalized spacial score (nSPS) is 14.9. The van der Waals surface area contributed by atoms with E-state index in [2.05, 4.69) is 4.98 Å². The zero-order valence-electron chi connectivity index (χ0n) is 14.5. The number of aryl methyl sites for hydroxylation is 1. The van der Waals surface area contributed by atoms with Crippen LogP contribution in [0.25, 0.3) is 0 Å². The van der Waals surface area contributed by atoms with Crippen LogP contribution in [0.15, 0.2) is 38.4 Å². The predicted molar refractivity (Wildman–Crippen MR) is 96.8 cm³/mol. The van der Waals surface area contributed by atoms with Gasteiger partial charge in [0.05, 0.1) is 0 Å². The average molecular weight is 395 g/mol. The quantitative estimate of drug-likeness (QED) is 0.814. The van der Waals surface area contributed by atoms with E-state index in [0.29, 0.717) is 32.6 Å². The minimum absolute atomic E-state index is 0.108. The van der Waals surface area contributed by atoms with Gasteiger partial charge in [0.2, 0.25) is 5.91 Å². The lowest BCUT2D eigenvalue weighted by Crippen LogP contribution is -2.38. The molecule has 0 aromatic carbocycles. The van der Waals surface area contributed by atoms with Crippen molar-refractivity contribution < 1.29 is 14.0 Å². The summed E-state index contributed by atoms with van der Waals surface area (Å²) in [7, 11) is 0. The van der Waals surface area contributed by atoms with E-state index in [9.17, 15) is 19.2 Å². The molecule has 0 atom stereocenters. The van der Waals surface area contributed by atoms with Gasteiger partial charge in [-0.15, -0.1) is 0 Å². The molecule has 10 heteroatoms. The van der Waals surface area contributed by atoms with E-state index in [1.807, 2.05) is 0 Å². The molecule has 0 saturated carbocycles. The molecule has 2 aromatic heterocycles. The molecule has 27 heavy (non-hydrogen) atoms. The molecule has 0 bridgehead atoms. The fourth-order valence-corrected chi connectivity index (χ4v) is 3.10. The minimum Gasteiger partial charge on any atom is -0.440 e. The van der Waals surface area contributed by atoms with Gasteiger partial charge in [-0.1, -0.05) is 0 Å². The lowest BCUT2D eigenvalue weighted by atomic mass is 10.3. The van der Waals surface area contributed by atoms with Crippen molar-refractivity contribution in [3.05, 3.63) is 56.2 Å². The first kappa shape index (κ1) is 19.0. The monoisotopic (exact) mass is 394 g/mol. The maximum Gasteiger partial charge on any atom is 0.328 e. The molecule has 9 nitrogen and oxygen atoms in total. The molecule has 0 aliphatic carbocycles. The van der Waals surface area contributed by atoms with Crippen molar-refractivity contribution in [3.8, 4) is 0 Å². The van der Waals surface area contributed by atoms with Gasteiger partial charge in [-0.05, 0) is 30.2 Å². The second kappa shape index (κ2) is 8.26. The molecule has 1 N–H and O–H groups in total. The Morgan fingerprint density at radius 3 is 2.52 bits per heavy atom. The summed E-state index contributed by atoms with van der Waals surface area (Å²) < 4.78 is 6.44. The number of furan rings is 1. The molecule has 1 fully saturated rings. The summed E-state index contributed by atoms with van der Waals surface area (Å²) in [6.45, 7) is 2.02. The van der Waals surface area contributed by atoms with Gasteiger partial charge >= 0.3 is 5.69 Å². The van der Waals surface area contributed by atoms with Crippen molar-refractivity contribution in [3.63, 3.8) is 0 Å². The van der Waals surface area contributed by atoms with Crippen LogP contribution in [-0.4, -0.2) is 57.3 Å². The van der Waals surface area contributed by atoms with Crippen molar-refractivity contribution in [1.82, 2.24) is 19.4 Å². The van der Waals surface area contributed by atoms with E-state index in [0.717, 1.165) is 0 Å². The van der Waals surface area contributed by atoms with Crippen LogP contribution >= 0.6 is 11.6 Å². The van der Waals surface area contributed by atoms with Gasteiger partial charge in [-0.3, -0.25) is 19.4 Å². The Bertz CT molecular complexity index is 947. The van der Waals surface area contributed by atoms with Gasteiger partial charge in [0.1, 0.15) is 0 Å². The summed E-state index contributed by atoms with van der Waals surface area (Å²) in [5, 5.41) is 0.155. The predicted octanol–water partition coefficient (Wildman–Crippen LogP) is 0.548. The Morgan fingerprint density at radius 2 is 1.81 bits per heavy atom. The Morgan fingerprint density at radius 1 is 1.07 bits per heavy atom. The number of nitrogens with zero attached hydrogens (tertiary/aromatic N) is 3. The standard InChI is InChI=1S/C17H19ClN4O5/c18-13-3-2-12(27-13)16(25)21-7-1-6-20(10-11-21)15(24)5-9-22-8-4-14(23)19-17(22)26/h2-4,8H,1,5-7,9-11H2,(H,19,23,26). The van der Waals surface area contributed by atoms with Gasteiger partial charge in [0.25, 0.3) is 11.5 Å². The minimum atomic E-state index is -0.542. The second-order valence-electron chi connectivity index (χ2n) is 6.18. The molecule has 1 aliphatic rings. The summed E-state index contributed by atoms with van der Waals surface area (Å²) in [6, 6.07) is 4.28. The zero-order valence-corrected chi connectivity index (χ0v) is 15.3. The topological polar surface area (TPSA) is 109 Å². The Balaban J connectivity index is 1.55. The number of aromatic amines is 1. The Labute approximate surface area is 159 Å². The van der Waals surface area contributed by atoms with Crippen LogP contribution < -0.4 is 11.2 Å². The van der Waals surface area contributed by atoms with E-state index in [1.54, 1.807) is 9.80 Å². The van der Waals surface area contributed by atoms with Gasteiger partial charge in [-0.2, -0.15) is 0 Å². The van der Waals surface area contributed by atoms with E-state index < -0.39 is 11.2 Å². The third kappa shape index (κ3) is 4.68. The third-order valence-corrected chi connectivity index (χ3v) is 4.59. The largest absolute Gasteiger partial charge is 0.440 e. The van der Waals surface area contributed by atoms with Crippen molar-refractivity contribution >= 4 is 23.4 Å². The lowest BCUT2D eigenvalue weighted by molar-refractivity contribution is -0.131. The second-order valence-corrected chi connectivity index (χ2v) is 6.56. The number of rotatable bonds is 4. The highest BCUT2D eigenvalue weighted by molar-refractivity contribution is 6.29. The summed E-state index contributed by atoms with van der Waals surface area (Å²) in [5.41, 5.74) is -1.02. The third-order valence-electron chi connectivity index (χ3n) is 4.38. The van der Waals surface area contributed by atoms with Crippen molar-refractivity contribution in [2.45, 2.75) is 19.4 Å². The molecule has 144 valence electrons. The number of amides is 2. The number of H-pyrrole nitrogens is 1. The highest BCUT2D eigenvalue weighted by Gasteiger charge is 2.24. The number of hydrogen-bond acceptors (Lipinski definition) is 5. The molecular formula is C17H19ClN4O5. The first-order valence-corrected chi connectivity index (χ1v) is 8.94. The van der Waals surface area contributed by atoms with E-state index in [1.165, 1.54) is 29.0 Å². The van der Waals surface area contributed by atoms with Crippen LogP contribution in [0, 0.1) is 0 Å². The fraction of sp³-hybridized carbons (Fsp3) is 0.412. The number of carbonyl (C=O) groups excluding carboxylic acids is 2. The van der Waals surface area contributed by atoms with Crippen LogP contribution in [0.4, 0.5) is 0 Å². The van der Waals surface area contributed by atoms with E-state index in [-0.39, 0.29) is 35.8 Å². The molecule has 1 saturated heterocycles. The molecule has 0 spiro atoms. The summed E-state index contributed by atoms with van der Waals surface area (Å²) >= 11 is 5.71. The van der Waals surface area contributed by atoms with Gasteiger partial charge in [0.15, 0.2) is 11.0 Å². The van der Waals surface area contributed by atoms with Crippen LogP contribution in [0.5, 0.6) is 0 Å². The van der Waals surface area contributed by atoms with Gasteiger partial charge in [-0.25, -0.2) is 4.79 Å². The highest BCUT2D eigenvalue weighted by Crippen LogP contribution is 2.16. The Kier molecular flexibility index (Phi) is 5.80. The molecule has 2 aromatic rings. The summed E-state index contributed by atoms with van der Waals surface area (Å²) in [4.78, 5) is 53.1. The molecule has 3 heterocycles. The molecule has 1 aliphatic heterocycles. The van der Waals surface area contributed by atoms with E-state index >= 15 is 0 Å². The van der Waals surface area contributed by atoms with Crippen molar-refractivity contribution in [2.75, 3.05) is 26.2 Å². The van der Waals surface area contributed by atoms with Crippen molar-refractivity contribution in [2.24, 2.45) is 0 Å². The zero-order chi connectivity index (χ0) is 19.4. The maximum atomic E-state index is 12.5. The number of hydrogen-bond donors (Lipinski definition) is 1. The van der Waals surface area contributed by atoms with Crippen LogP contribution in [0.2, 0.25) is 5.22 Å². The average Bonchev–Trinajstić information content (AvgIpc) is 2.92. The van der Waals surface area contributed by atoms with Crippen LogP contribution in [0.1, 0.15) is 23.4 Å². The van der Waals surface area contributed by atoms with Crippen LogP contribution in [-0.2, 0) is 11.3 Å². The smallest absolute Gasteiger partial charge is 0.328 e. The Hall–Kier alpha value is -2.81. The molecule has 2 amide bonds. The van der Waals surface area contributed by atoms with Gasteiger partial charge < -0.3 is 18.8 Å². The lowest BCUT2D eigenvalue weighted by Gasteiger charge is -2.21. The fourth-order valence-electron chi connectivity index (χ4n) is 2.95. The number of aromatic nitrogens is 2. The highest BCUT2D eigenvalue weighted by atomic mass is 35.5. The maximum absolute atomic E-state index is 12.5.